The van der Waals surface area contributed by atoms with Crippen LogP contribution in [0.3, 0.4) is 0 Å². The molecule has 0 aliphatic heterocycles. The number of ether oxygens (including phenoxy) is 2. The lowest BCUT2D eigenvalue weighted by Gasteiger charge is -2.14. The molecule has 0 spiro atoms. The molecule has 1 rings (SSSR count). The molecule has 0 aliphatic rings. The Hall–Kier alpha value is -1.98. The van der Waals surface area contributed by atoms with Gasteiger partial charge < -0.3 is 9.47 Å². The molecular weight excluding hydrogens is 246 g/mol. The Bertz CT molecular complexity index is 436. The molecule has 0 aromatic heterocycles. The first kappa shape index (κ1) is 14.1. The number of carbonyl (C=O) groups excluding carboxylic acids is 2. The smallest absolute Gasteiger partial charge is 0.347 e. The predicted octanol–water partition coefficient (Wildman–Crippen LogP) is 2.11. The third-order valence-corrected chi connectivity index (χ3v) is 2.07. The van der Waals surface area contributed by atoms with Crippen LogP contribution >= 0.6 is 0 Å². The SMILES string of the molecule is CCOC(=O)C(C)Oc1c(F)cc(C=O)cc1F. The van der Waals surface area contributed by atoms with E-state index in [-0.39, 0.29) is 12.2 Å². The number of halogens is 2. The molecule has 0 aliphatic carbocycles. The van der Waals surface area contributed by atoms with Gasteiger partial charge in [-0.05, 0) is 26.0 Å². The Balaban J connectivity index is 2.91. The summed E-state index contributed by atoms with van der Waals surface area (Å²) in [6.45, 7) is 3.05. The van der Waals surface area contributed by atoms with Crippen LogP contribution in [0, 0.1) is 11.6 Å². The Morgan fingerprint density at radius 1 is 1.39 bits per heavy atom. The van der Waals surface area contributed by atoms with E-state index >= 15 is 0 Å². The van der Waals surface area contributed by atoms with Crippen LogP contribution in [0.1, 0.15) is 24.2 Å². The molecule has 18 heavy (non-hydrogen) atoms. The van der Waals surface area contributed by atoms with Gasteiger partial charge in [-0.2, -0.15) is 0 Å². The molecule has 0 fully saturated rings. The number of carbonyl (C=O) groups is 2. The number of benzene rings is 1. The molecule has 1 unspecified atom stereocenters. The average Bonchev–Trinajstić information content (AvgIpc) is 2.33. The maximum Gasteiger partial charge on any atom is 0.347 e. The van der Waals surface area contributed by atoms with Gasteiger partial charge in [0.25, 0.3) is 0 Å². The molecule has 0 radical (unpaired) electrons. The Morgan fingerprint density at radius 3 is 2.39 bits per heavy atom. The van der Waals surface area contributed by atoms with E-state index in [1.807, 2.05) is 0 Å². The molecule has 0 bridgehead atoms. The third kappa shape index (κ3) is 3.26. The molecule has 98 valence electrons. The molecule has 1 atom stereocenters. The van der Waals surface area contributed by atoms with Crippen LogP contribution in [0.5, 0.6) is 5.75 Å². The second kappa shape index (κ2) is 6.09. The molecule has 0 N–H and O–H groups in total. The maximum atomic E-state index is 13.4. The van der Waals surface area contributed by atoms with Gasteiger partial charge in [-0.1, -0.05) is 0 Å². The van der Waals surface area contributed by atoms with E-state index in [9.17, 15) is 18.4 Å². The van der Waals surface area contributed by atoms with Crippen molar-refractivity contribution in [1.29, 1.82) is 0 Å². The fourth-order valence-electron chi connectivity index (χ4n) is 1.24. The number of esters is 1. The lowest BCUT2D eigenvalue weighted by Crippen LogP contribution is -2.26. The molecule has 0 heterocycles. The highest BCUT2D eigenvalue weighted by Crippen LogP contribution is 2.24. The molecule has 1 aromatic carbocycles. The second-order valence-corrected chi connectivity index (χ2v) is 3.44. The van der Waals surface area contributed by atoms with E-state index < -0.39 is 29.5 Å². The van der Waals surface area contributed by atoms with Crippen LogP contribution in [-0.2, 0) is 9.53 Å². The zero-order valence-electron chi connectivity index (χ0n) is 9.91. The van der Waals surface area contributed by atoms with Gasteiger partial charge in [-0.15, -0.1) is 0 Å². The lowest BCUT2D eigenvalue weighted by atomic mass is 10.2. The molecule has 1 aromatic rings. The van der Waals surface area contributed by atoms with E-state index in [1.165, 1.54) is 6.92 Å². The van der Waals surface area contributed by atoms with Gasteiger partial charge in [0.05, 0.1) is 6.61 Å². The first-order chi connectivity index (χ1) is 8.49. The van der Waals surface area contributed by atoms with Crippen LogP contribution in [0.4, 0.5) is 8.78 Å². The first-order valence-electron chi connectivity index (χ1n) is 5.27. The summed E-state index contributed by atoms with van der Waals surface area (Å²) < 4.78 is 36.3. The Morgan fingerprint density at radius 2 is 1.94 bits per heavy atom. The average molecular weight is 258 g/mol. The minimum atomic E-state index is -1.14. The van der Waals surface area contributed by atoms with Crippen molar-refractivity contribution in [2.75, 3.05) is 6.61 Å². The molecule has 0 amide bonds. The van der Waals surface area contributed by atoms with Gasteiger partial charge >= 0.3 is 5.97 Å². The van der Waals surface area contributed by atoms with Crippen molar-refractivity contribution in [3.8, 4) is 5.75 Å². The first-order valence-corrected chi connectivity index (χ1v) is 5.27. The van der Waals surface area contributed by atoms with E-state index in [4.69, 9.17) is 4.74 Å². The summed E-state index contributed by atoms with van der Waals surface area (Å²) in [5.74, 6) is -3.53. The number of hydrogen-bond donors (Lipinski definition) is 0. The molecule has 6 heteroatoms. The van der Waals surface area contributed by atoms with E-state index in [0.717, 1.165) is 12.1 Å². The Labute approximate surface area is 103 Å². The maximum absolute atomic E-state index is 13.4. The molecule has 0 saturated heterocycles. The van der Waals surface area contributed by atoms with Crippen LogP contribution in [0.2, 0.25) is 0 Å². The summed E-state index contributed by atoms with van der Waals surface area (Å²) >= 11 is 0. The van der Waals surface area contributed by atoms with E-state index in [0.29, 0.717) is 6.29 Å². The zero-order chi connectivity index (χ0) is 13.7. The van der Waals surface area contributed by atoms with Gasteiger partial charge in [0.15, 0.2) is 23.5 Å². The highest BCUT2D eigenvalue weighted by Gasteiger charge is 2.21. The topological polar surface area (TPSA) is 52.6 Å². The highest BCUT2D eigenvalue weighted by atomic mass is 19.1. The number of rotatable bonds is 5. The number of aldehydes is 1. The summed E-state index contributed by atoms with van der Waals surface area (Å²) in [6.07, 6.45) is -0.832. The standard InChI is InChI=1S/C12H12F2O4/c1-3-17-12(16)7(2)18-11-9(13)4-8(6-15)5-10(11)14/h4-7H,3H2,1-2H3. The van der Waals surface area contributed by atoms with Crippen LogP contribution in [0.15, 0.2) is 12.1 Å². The Kier molecular flexibility index (Phi) is 4.76. The van der Waals surface area contributed by atoms with Crippen molar-refractivity contribution in [1.82, 2.24) is 0 Å². The minimum Gasteiger partial charge on any atom is -0.473 e. The van der Waals surface area contributed by atoms with Gasteiger partial charge in [0.1, 0.15) is 6.29 Å². The largest absolute Gasteiger partial charge is 0.473 e. The summed E-state index contributed by atoms with van der Waals surface area (Å²) in [5, 5.41) is 0. The van der Waals surface area contributed by atoms with E-state index in [1.54, 1.807) is 6.92 Å². The van der Waals surface area contributed by atoms with Gasteiger partial charge in [-0.3, -0.25) is 4.79 Å². The fourth-order valence-corrected chi connectivity index (χ4v) is 1.24. The van der Waals surface area contributed by atoms with Crippen molar-refractivity contribution in [2.45, 2.75) is 20.0 Å². The minimum absolute atomic E-state index is 0.140. The summed E-state index contributed by atoms with van der Waals surface area (Å²) in [7, 11) is 0. The lowest BCUT2D eigenvalue weighted by molar-refractivity contribution is -0.150. The van der Waals surface area contributed by atoms with Crippen molar-refractivity contribution >= 4 is 12.3 Å². The molecule has 0 saturated carbocycles. The zero-order valence-corrected chi connectivity index (χ0v) is 9.91. The second-order valence-electron chi connectivity index (χ2n) is 3.44. The van der Waals surface area contributed by atoms with Crippen molar-refractivity contribution in [3.63, 3.8) is 0 Å². The summed E-state index contributed by atoms with van der Waals surface area (Å²) in [5.41, 5.74) is -0.152. The van der Waals surface area contributed by atoms with Crippen molar-refractivity contribution in [2.24, 2.45) is 0 Å². The molecular formula is C12H12F2O4. The van der Waals surface area contributed by atoms with Crippen molar-refractivity contribution in [3.05, 3.63) is 29.3 Å². The monoisotopic (exact) mass is 258 g/mol. The van der Waals surface area contributed by atoms with Gasteiger partial charge in [0.2, 0.25) is 0 Å². The van der Waals surface area contributed by atoms with Crippen LogP contribution in [0.25, 0.3) is 0 Å². The quantitative estimate of drug-likeness (QED) is 0.599. The molecule has 4 nitrogen and oxygen atoms in total. The third-order valence-electron chi connectivity index (χ3n) is 2.07. The van der Waals surface area contributed by atoms with E-state index in [2.05, 4.69) is 4.74 Å². The highest BCUT2D eigenvalue weighted by molar-refractivity contribution is 5.76. The fraction of sp³-hybridized carbons (Fsp3) is 0.333. The number of hydrogen-bond acceptors (Lipinski definition) is 4. The summed E-state index contributed by atoms with van der Waals surface area (Å²) in [4.78, 5) is 21.6. The normalized spacial score (nSPS) is 11.8. The van der Waals surface area contributed by atoms with Gasteiger partial charge in [0, 0.05) is 5.56 Å². The van der Waals surface area contributed by atoms with Crippen LogP contribution < -0.4 is 4.74 Å². The van der Waals surface area contributed by atoms with Crippen molar-refractivity contribution < 1.29 is 27.8 Å². The summed E-state index contributed by atoms with van der Waals surface area (Å²) in [6, 6.07) is 1.65. The van der Waals surface area contributed by atoms with Crippen LogP contribution in [-0.4, -0.2) is 25.0 Å². The van der Waals surface area contributed by atoms with Gasteiger partial charge in [-0.25, -0.2) is 13.6 Å². The predicted molar refractivity (Wildman–Crippen MR) is 58.5 cm³/mol.